The molecule has 5 nitrogen and oxygen atoms in total. The summed E-state index contributed by atoms with van der Waals surface area (Å²) in [7, 11) is 0. The molecule has 3 aliphatic carbocycles. The number of aryl methyl sites for hydroxylation is 1. The number of allylic oxidation sites excluding steroid dienone is 1. The molecule has 0 radical (unpaired) electrons. The Morgan fingerprint density at radius 1 is 1.12 bits per heavy atom. The van der Waals surface area contributed by atoms with Gasteiger partial charge in [-0.3, -0.25) is 9.59 Å². The Balaban J connectivity index is 1.84. The third-order valence-corrected chi connectivity index (χ3v) is 6.36. The van der Waals surface area contributed by atoms with Gasteiger partial charge in [0, 0.05) is 11.5 Å². The van der Waals surface area contributed by atoms with Crippen LogP contribution in [0.1, 0.15) is 36.5 Å². The summed E-state index contributed by atoms with van der Waals surface area (Å²) in [5.41, 5.74) is 2.43. The normalized spacial score (nSPS) is 34.4. The zero-order valence-corrected chi connectivity index (χ0v) is 14.3. The fraction of sp³-hybridized carbons (Fsp3) is 0.500. The number of rotatable bonds is 0. The van der Waals surface area contributed by atoms with E-state index in [1.54, 1.807) is 13.0 Å². The molecule has 0 spiro atoms. The molecule has 2 saturated carbocycles. The van der Waals surface area contributed by atoms with E-state index in [4.69, 9.17) is 0 Å². The van der Waals surface area contributed by atoms with Gasteiger partial charge >= 0.3 is 0 Å². The predicted octanol–water partition coefficient (Wildman–Crippen LogP) is 2.32. The minimum Gasteiger partial charge on any atom is -0.507 e. The lowest BCUT2D eigenvalue weighted by molar-refractivity contribution is -0.145. The number of benzene rings is 1. The van der Waals surface area contributed by atoms with Crippen LogP contribution in [0.15, 0.2) is 17.7 Å². The van der Waals surface area contributed by atoms with Crippen molar-refractivity contribution in [3.63, 3.8) is 0 Å². The highest BCUT2D eigenvalue weighted by Crippen LogP contribution is 2.49. The largest absolute Gasteiger partial charge is 0.507 e. The second-order valence-electron chi connectivity index (χ2n) is 7.75. The van der Waals surface area contributed by atoms with Crippen LogP contribution in [0.4, 0.5) is 0 Å². The highest BCUT2D eigenvalue weighted by Gasteiger charge is 2.52. The van der Waals surface area contributed by atoms with Gasteiger partial charge in [0.1, 0.15) is 17.3 Å². The third kappa shape index (κ3) is 2.18. The van der Waals surface area contributed by atoms with Crippen LogP contribution in [-0.2, 0) is 16.0 Å². The summed E-state index contributed by atoms with van der Waals surface area (Å²) in [4.78, 5) is 25.7. The summed E-state index contributed by atoms with van der Waals surface area (Å²) in [5, 5.41) is 31.1. The van der Waals surface area contributed by atoms with Gasteiger partial charge in [-0.15, -0.1) is 0 Å². The number of aliphatic hydroxyl groups is 2. The van der Waals surface area contributed by atoms with E-state index in [1.165, 1.54) is 6.07 Å². The van der Waals surface area contributed by atoms with E-state index in [0.29, 0.717) is 24.8 Å². The molecule has 0 amide bonds. The van der Waals surface area contributed by atoms with E-state index < -0.39 is 17.9 Å². The van der Waals surface area contributed by atoms with E-state index in [2.05, 4.69) is 0 Å². The van der Waals surface area contributed by atoms with Crippen molar-refractivity contribution in [2.45, 2.75) is 39.2 Å². The minimum atomic E-state index is -0.777. The van der Waals surface area contributed by atoms with Crippen molar-refractivity contribution in [3.05, 3.63) is 34.4 Å². The van der Waals surface area contributed by atoms with Crippen LogP contribution in [0.2, 0.25) is 0 Å². The number of phenolic OH excluding ortho intramolecular Hbond substituents is 1. The van der Waals surface area contributed by atoms with Crippen LogP contribution in [0, 0.1) is 30.6 Å². The Morgan fingerprint density at radius 2 is 1.84 bits per heavy atom. The topological polar surface area (TPSA) is 94.8 Å². The Hall–Kier alpha value is -2.14. The van der Waals surface area contributed by atoms with Crippen LogP contribution in [-0.4, -0.2) is 33.0 Å². The minimum absolute atomic E-state index is 0.0438. The zero-order chi connectivity index (χ0) is 18.0. The highest BCUT2D eigenvalue weighted by molar-refractivity contribution is 6.15. The number of ketones is 2. The molecular weight excluding hydrogens is 320 g/mol. The van der Waals surface area contributed by atoms with Gasteiger partial charge in [-0.1, -0.05) is 13.0 Å². The maximum atomic E-state index is 13.1. The van der Waals surface area contributed by atoms with Gasteiger partial charge in [-0.25, -0.2) is 0 Å². The first-order valence-electron chi connectivity index (χ1n) is 8.82. The fourth-order valence-electron chi connectivity index (χ4n) is 4.93. The lowest BCUT2D eigenvalue weighted by Crippen LogP contribution is -2.50. The lowest BCUT2D eigenvalue weighted by Gasteiger charge is -2.44. The van der Waals surface area contributed by atoms with Crippen molar-refractivity contribution in [2.75, 3.05) is 0 Å². The molecule has 0 bridgehead atoms. The second kappa shape index (κ2) is 5.43. The van der Waals surface area contributed by atoms with Crippen molar-refractivity contribution >= 4 is 17.3 Å². The third-order valence-electron chi connectivity index (χ3n) is 6.36. The standard InChI is InChI=1S/C20H22O5/c1-8-3-4-13(21)17-12(8)6-10-5-11-7-14(22)9(2)18(23)15(11)19(24)16(10)20(17)25/h3-4,9-11,14-15,21-22,25H,5-7H2,1-2H3. The van der Waals surface area contributed by atoms with E-state index in [9.17, 15) is 24.9 Å². The molecule has 5 heteroatoms. The summed E-state index contributed by atoms with van der Waals surface area (Å²) in [6.45, 7) is 3.57. The van der Waals surface area contributed by atoms with Crippen LogP contribution in [0.3, 0.4) is 0 Å². The van der Waals surface area contributed by atoms with Crippen molar-refractivity contribution in [2.24, 2.45) is 23.7 Å². The lowest BCUT2D eigenvalue weighted by atomic mass is 9.59. The molecule has 25 heavy (non-hydrogen) atoms. The average molecular weight is 342 g/mol. The molecule has 132 valence electrons. The monoisotopic (exact) mass is 342 g/mol. The first-order chi connectivity index (χ1) is 11.8. The molecule has 0 saturated heterocycles. The summed E-state index contributed by atoms with van der Waals surface area (Å²) in [5.74, 6) is -2.46. The van der Waals surface area contributed by atoms with E-state index in [-0.39, 0.29) is 40.5 Å². The molecular formula is C20H22O5. The number of fused-ring (bicyclic) bond motifs is 3. The summed E-state index contributed by atoms with van der Waals surface area (Å²) in [6.07, 6.45) is 0.894. The van der Waals surface area contributed by atoms with Gasteiger partial charge in [0.15, 0.2) is 5.78 Å². The molecule has 1 aromatic carbocycles. The number of carbonyl (C=O) groups excluding carboxylic acids is 2. The number of Topliss-reactive ketones (excluding diaryl/α,β-unsaturated/α-hetero) is 2. The fourth-order valence-corrected chi connectivity index (χ4v) is 4.93. The van der Waals surface area contributed by atoms with Gasteiger partial charge in [0.2, 0.25) is 0 Å². The molecule has 5 unspecified atom stereocenters. The van der Waals surface area contributed by atoms with Crippen molar-refractivity contribution in [3.8, 4) is 5.75 Å². The Bertz CT molecular complexity index is 822. The number of aromatic hydroxyl groups is 1. The summed E-state index contributed by atoms with van der Waals surface area (Å²) in [6, 6.07) is 3.32. The molecule has 3 aliphatic rings. The van der Waals surface area contributed by atoms with E-state index in [1.807, 2.05) is 6.92 Å². The summed E-state index contributed by atoms with van der Waals surface area (Å²) >= 11 is 0. The van der Waals surface area contributed by atoms with Crippen LogP contribution >= 0.6 is 0 Å². The van der Waals surface area contributed by atoms with Gasteiger partial charge in [-0.05, 0) is 55.2 Å². The van der Waals surface area contributed by atoms with Gasteiger partial charge < -0.3 is 15.3 Å². The Kier molecular flexibility index (Phi) is 3.55. The molecule has 0 aromatic heterocycles. The second-order valence-corrected chi connectivity index (χ2v) is 7.75. The summed E-state index contributed by atoms with van der Waals surface area (Å²) < 4.78 is 0. The first kappa shape index (κ1) is 16.3. The molecule has 1 aromatic rings. The number of aliphatic hydroxyl groups excluding tert-OH is 2. The zero-order valence-electron chi connectivity index (χ0n) is 14.3. The Morgan fingerprint density at radius 3 is 2.56 bits per heavy atom. The van der Waals surface area contributed by atoms with Crippen molar-refractivity contribution < 1.29 is 24.9 Å². The quantitative estimate of drug-likeness (QED) is 0.629. The predicted molar refractivity (Wildman–Crippen MR) is 91.0 cm³/mol. The maximum absolute atomic E-state index is 13.1. The van der Waals surface area contributed by atoms with Crippen LogP contribution in [0.25, 0.3) is 5.76 Å². The average Bonchev–Trinajstić information content (AvgIpc) is 2.55. The van der Waals surface area contributed by atoms with Gasteiger partial charge in [-0.2, -0.15) is 0 Å². The van der Waals surface area contributed by atoms with Crippen molar-refractivity contribution in [1.82, 2.24) is 0 Å². The van der Waals surface area contributed by atoms with Gasteiger partial charge in [0.25, 0.3) is 0 Å². The molecule has 5 atom stereocenters. The number of hydrogen-bond donors (Lipinski definition) is 3. The number of phenols is 1. The van der Waals surface area contributed by atoms with Crippen LogP contribution < -0.4 is 0 Å². The highest BCUT2D eigenvalue weighted by atomic mass is 16.3. The number of carbonyl (C=O) groups is 2. The smallest absolute Gasteiger partial charge is 0.173 e. The Labute approximate surface area is 146 Å². The molecule has 3 N–H and O–H groups in total. The molecule has 4 rings (SSSR count). The SMILES string of the molecule is Cc1ccc(O)c2c1CC1CC3CC(O)C(C)C(=O)C3C(=O)C1=C2O. The van der Waals surface area contributed by atoms with Crippen LogP contribution in [0.5, 0.6) is 5.75 Å². The van der Waals surface area contributed by atoms with E-state index in [0.717, 1.165) is 11.1 Å². The molecule has 0 heterocycles. The maximum Gasteiger partial charge on any atom is 0.173 e. The number of hydrogen-bond acceptors (Lipinski definition) is 5. The first-order valence-corrected chi connectivity index (χ1v) is 8.82. The molecule has 2 fully saturated rings. The van der Waals surface area contributed by atoms with Crippen molar-refractivity contribution in [1.29, 1.82) is 0 Å². The van der Waals surface area contributed by atoms with Gasteiger partial charge in [0.05, 0.1) is 17.6 Å². The molecule has 0 aliphatic heterocycles. The van der Waals surface area contributed by atoms with E-state index >= 15 is 0 Å².